The summed E-state index contributed by atoms with van der Waals surface area (Å²) in [6.45, 7) is 4.43. The molecule has 1 amide bonds. The van der Waals surface area contributed by atoms with Gasteiger partial charge in [-0.25, -0.2) is 4.98 Å². The van der Waals surface area contributed by atoms with Gasteiger partial charge in [-0.15, -0.1) is 11.3 Å². The fraction of sp³-hybridized carbons (Fsp3) is 0.200. The minimum absolute atomic E-state index is 0.106. The topological polar surface area (TPSA) is 72.2 Å². The van der Waals surface area contributed by atoms with Crippen molar-refractivity contribution < 1.29 is 13.4 Å². The van der Waals surface area contributed by atoms with Crippen LogP contribution in [0.25, 0.3) is 11.5 Å². The van der Waals surface area contributed by atoms with E-state index in [-0.39, 0.29) is 5.91 Å². The maximum absolute atomic E-state index is 12.7. The fourth-order valence-corrected chi connectivity index (χ4v) is 5.03. The minimum Gasteiger partial charge on any atom is -0.441 e. The van der Waals surface area contributed by atoms with E-state index in [0.29, 0.717) is 35.2 Å². The molecule has 1 atom stereocenters. The lowest BCUT2D eigenvalue weighted by Crippen LogP contribution is -2.25. The molecule has 0 spiro atoms. The number of amides is 1. The predicted octanol–water partition coefficient (Wildman–Crippen LogP) is 5.30. The van der Waals surface area contributed by atoms with E-state index < -0.39 is 10.8 Å². The molecule has 0 saturated carbocycles. The van der Waals surface area contributed by atoms with E-state index >= 15 is 0 Å². The third kappa shape index (κ3) is 5.41. The van der Waals surface area contributed by atoms with Gasteiger partial charge in [-0.05, 0) is 68.1 Å². The molecule has 5 nitrogen and oxygen atoms in total. The van der Waals surface area contributed by atoms with Crippen molar-refractivity contribution >= 4 is 28.0 Å². The van der Waals surface area contributed by atoms with Crippen molar-refractivity contribution in [3.63, 3.8) is 0 Å². The van der Waals surface area contributed by atoms with Gasteiger partial charge in [0.2, 0.25) is 5.89 Å². The van der Waals surface area contributed by atoms with Gasteiger partial charge in [-0.1, -0.05) is 23.8 Å². The van der Waals surface area contributed by atoms with Gasteiger partial charge in [-0.3, -0.25) is 9.00 Å². The highest BCUT2D eigenvalue weighted by molar-refractivity contribution is 7.84. The Labute approximate surface area is 194 Å². The quantitative estimate of drug-likeness (QED) is 0.384. The number of benzene rings is 2. The summed E-state index contributed by atoms with van der Waals surface area (Å²) in [6, 6.07) is 18.9. The number of nitrogens with one attached hydrogen (secondary N) is 1. The van der Waals surface area contributed by atoms with Gasteiger partial charge in [-0.2, -0.15) is 0 Å². The molecule has 2 aromatic carbocycles. The fourth-order valence-electron chi connectivity index (χ4n) is 3.20. The van der Waals surface area contributed by atoms with Gasteiger partial charge >= 0.3 is 0 Å². The second kappa shape index (κ2) is 10.1. The molecule has 164 valence electrons. The summed E-state index contributed by atoms with van der Waals surface area (Å²) in [5.74, 6) is 1.30. The van der Waals surface area contributed by atoms with E-state index in [0.717, 1.165) is 22.4 Å². The van der Waals surface area contributed by atoms with Crippen molar-refractivity contribution in [3.05, 3.63) is 93.5 Å². The van der Waals surface area contributed by atoms with Crippen LogP contribution in [-0.4, -0.2) is 21.6 Å². The van der Waals surface area contributed by atoms with Crippen LogP contribution in [-0.2, 0) is 23.0 Å². The second-order valence-corrected chi connectivity index (χ2v) is 9.97. The number of aryl methyl sites for hydroxylation is 2. The molecule has 2 aromatic heterocycles. The first kappa shape index (κ1) is 22.2. The van der Waals surface area contributed by atoms with Crippen molar-refractivity contribution in [1.82, 2.24) is 10.3 Å². The SMILES string of the molecule is Cc1ccc([S@](=O)Cc2nc(-c3ccc(C(=O)NCCc4cccs4)cc3)oc2C)cc1. The van der Waals surface area contributed by atoms with Crippen LogP contribution in [0.1, 0.15) is 32.3 Å². The van der Waals surface area contributed by atoms with Crippen LogP contribution in [0, 0.1) is 13.8 Å². The highest BCUT2D eigenvalue weighted by atomic mass is 32.2. The van der Waals surface area contributed by atoms with Gasteiger partial charge in [0, 0.05) is 27.4 Å². The Morgan fingerprint density at radius 1 is 1.06 bits per heavy atom. The molecule has 0 saturated heterocycles. The molecule has 0 radical (unpaired) electrons. The standard InChI is InChI=1S/C25H24N2O3S2/c1-17-5-11-22(12-6-17)32(29)16-23-18(2)30-25(27-23)20-9-7-19(8-10-20)24(28)26-14-13-21-4-3-15-31-21/h3-12,15H,13-14,16H2,1-2H3,(H,26,28)/t32-/m1/s1. The summed E-state index contributed by atoms with van der Waals surface area (Å²) >= 11 is 1.69. The maximum atomic E-state index is 12.7. The lowest BCUT2D eigenvalue weighted by atomic mass is 10.1. The zero-order valence-corrected chi connectivity index (χ0v) is 19.6. The van der Waals surface area contributed by atoms with E-state index in [2.05, 4.69) is 16.4 Å². The highest BCUT2D eigenvalue weighted by Crippen LogP contribution is 2.24. The normalized spacial score (nSPS) is 11.9. The monoisotopic (exact) mass is 464 g/mol. The maximum Gasteiger partial charge on any atom is 0.251 e. The second-order valence-electron chi connectivity index (χ2n) is 7.49. The average Bonchev–Trinajstić information content (AvgIpc) is 3.44. The molecule has 4 aromatic rings. The zero-order chi connectivity index (χ0) is 22.5. The summed E-state index contributed by atoms with van der Waals surface area (Å²) in [7, 11) is -1.20. The van der Waals surface area contributed by atoms with Crippen molar-refractivity contribution in [2.24, 2.45) is 0 Å². The Kier molecular flexibility index (Phi) is 6.97. The van der Waals surface area contributed by atoms with Crippen molar-refractivity contribution in [2.75, 3.05) is 6.54 Å². The van der Waals surface area contributed by atoms with Gasteiger partial charge in [0.25, 0.3) is 5.91 Å². The Morgan fingerprint density at radius 3 is 2.50 bits per heavy atom. The third-order valence-corrected chi connectivity index (χ3v) is 7.35. The molecular formula is C25H24N2O3S2. The Bertz CT molecular complexity index is 1210. The number of carbonyl (C=O) groups excluding carboxylic acids is 1. The largest absolute Gasteiger partial charge is 0.441 e. The lowest BCUT2D eigenvalue weighted by molar-refractivity contribution is 0.0954. The molecule has 4 rings (SSSR count). The van der Waals surface area contributed by atoms with Gasteiger partial charge in [0.1, 0.15) is 5.76 Å². The third-order valence-electron chi connectivity index (χ3n) is 5.08. The number of carbonyl (C=O) groups is 1. The molecule has 0 fully saturated rings. The smallest absolute Gasteiger partial charge is 0.251 e. The zero-order valence-electron chi connectivity index (χ0n) is 18.0. The highest BCUT2D eigenvalue weighted by Gasteiger charge is 2.16. The molecule has 0 aliphatic carbocycles. The summed E-state index contributed by atoms with van der Waals surface area (Å²) in [6.07, 6.45) is 0.823. The summed E-state index contributed by atoms with van der Waals surface area (Å²) in [5, 5.41) is 4.98. The number of hydrogen-bond acceptors (Lipinski definition) is 5. The molecule has 0 unspecified atom stereocenters. The minimum atomic E-state index is -1.20. The number of thiophene rings is 1. The van der Waals surface area contributed by atoms with Gasteiger partial charge < -0.3 is 9.73 Å². The molecule has 0 aliphatic rings. The Morgan fingerprint density at radius 2 is 1.81 bits per heavy atom. The van der Waals surface area contributed by atoms with E-state index in [1.165, 1.54) is 4.88 Å². The van der Waals surface area contributed by atoms with Crippen molar-refractivity contribution in [2.45, 2.75) is 30.9 Å². The summed E-state index contributed by atoms with van der Waals surface area (Å²) < 4.78 is 18.5. The van der Waals surface area contributed by atoms with Crippen LogP contribution in [0.4, 0.5) is 0 Å². The van der Waals surface area contributed by atoms with E-state index in [4.69, 9.17) is 4.42 Å². The number of hydrogen-bond donors (Lipinski definition) is 1. The van der Waals surface area contributed by atoms with Gasteiger partial charge in [0.15, 0.2) is 0 Å². The Hall–Kier alpha value is -3.03. The van der Waals surface area contributed by atoms with Crippen LogP contribution in [0.3, 0.4) is 0 Å². The van der Waals surface area contributed by atoms with Gasteiger partial charge in [0.05, 0.1) is 22.2 Å². The first-order valence-electron chi connectivity index (χ1n) is 10.3. The molecular weight excluding hydrogens is 440 g/mol. The van der Waals surface area contributed by atoms with Crippen molar-refractivity contribution in [1.29, 1.82) is 0 Å². The van der Waals surface area contributed by atoms with E-state index in [1.54, 1.807) is 23.5 Å². The first-order chi connectivity index (χ1) is 15.5. The van der Waals surface area contributed by atoms with Crippen LogP contribution in [0.15, 0.2) is 75.4 Å². The van der Waals surface area contributed by atoms with Crippen LogP contribution < -0.4 is 5.32 Å². The molecule has 32 heavy (non-hydrogen) atoms. The number of rotatable bonds is 8. The van der Waals surface area contributed by atoms with Crippen LogP contribution in [0.2, 0.25) is 0 Å². The Balaban J connectivity index is 1.39. The van der Waals surface area contributed by atoms with Crippen LogP contribution >= 0.6 is 11.3 Å². The van der Waals surface area contributed by atoms with Crippen molar-refractivity contribution in [3.8, 4) is 11.5 Å². The molecule has 0 aliphatic heterocycles. The molecule has 2 heterocycles. The van der Waals surface area contributed by atoms with E-state index in [1.807, 2.05) is 61.7 Å². The average molecular weight is 465 g/mol. The summed E-state index contributed by atoms with van der Waals surface area (Å²) in [5.41, 5.74) is 3.17. The number of aromatic nitrogens is 1. The molecule has 7 heteroatoms. The lowest BCUT2D eigenvalue weighted by Gasteiger charge is -2.05. The van der Waals surface area contributed by atoms with Crippen LogP contribution in [0.5, 0.6) is 0 Å². The first-order valence-corrected chi connectivity index (χ1v) is 12.5. The number of nitrogens with zero attached hydrogens (tertiary/aromatic N) is 1. The van der Waals surface area contributed by atoms with E-state index in [9.17, 15) is 9.00 Å². The molecule has 0 bridgehead atoms. The summed E-state index contributed by atoms with van der Waals surface area (Å²) in [4.78, 5) is 19.0. The number of oxazole rings is 1. The molecule has 1 N–H and O–H groups in total. The predicted molar refractivity (Wildman–Crippen MR) is 128 cm³/mol.